The van der Waals surface area contributed by atoms with E-state index in [2.05, 4.69) is 5.32 Å². The Bertz CT molecular complexity index is 581. The van der Waals surface area contributed by atoms with Crippen molar-refractivity contribution in [1.82, 2.24) is 10.2 Å². The minimum atomic E-state index is -0.584. The zero-order valence-corrected chi connectivity index (χ0v) is 17.8. The number of nitrogens with zero attached hydrogens (tertiary/aromatic N) is 2. The van der Waals surface area contributed by atoms with Crippen LogP contribution in [0.2, 0.25) is 0 Å². The van der Waals surface area contributed by atoms with Crippen molar-refractivity contribution in [2.45, 2.75) is 101 Å². The van der Waals surface area contributed by atoms with Crippen LogP contribution < -0.4 is 11.1 Å². The molecule has 3 atom stereocenters. The van der Waals surface area contributed by atoms with E-state index in [-0.39, 0.29) is 5.91 Å². The van der Waals surface area contributed by atoms with E-state index in [1.807, 2.05) is 0 Å². The van der Waals surface area contributed by atoms with Crippen molar-refractivity contribution in [2.75, 3.05) is 13.6 Å². The number of amides is 1. The van der Waals surface area contributed by atoms with Crippen molar-refractivity contribution in [3.05, 3.63) is 0 Å². The first-order valence-electron chi connectivity index (χ1n) is 11.9. The number of carbonyl (C=O) groups is 1. The Morgan fingerprint density at radius 1 is 1.04 bits per heavy atom. The summed E-state index contributed by atoms with van der Waals surface area (Å²) in [6, 6.07) is 0.630. The lowest BCUT2D eigenvalue weighted by Gasteiger charge is -2.35. The fraction of sp³-hybridized carbons (Fsp3) is 0.913. The summed E-state index contributed by atoms with van der Waals surface area (Å²) in [6.07, 6.45) is 17.5. The van der Waals surface area contributed by atoms with Crippen LogP contribution in [0.1, 0.15) is 89.9 Å². The van der Waals surface area contributed by atoms with E-state index in [4.69, 9.17) is 10.7 Å². The van der Waals surface area contributed by atoms with Crippen molar-refractivity contribution in [3.8, 4) is 0 Å². The second kappa shape index (κ2) is 8.73. The van der Waals surface area contributed by atoms with Gasteiger partial charge in [-0.15, -0.1) is 0 Å². The third-order valence-electron chi connectivity index (χ3n) is 7.87. The van der Waals surface area contributed by atoms with Crippen LogP contribution in [0.15, 0.2) is 4.99 Å². The lowest BCUT2D eigenvalue weighted by atomic mass is 9.74. The van der Waals surface area contributed by atoms with E-state index in [1.54, 1.807) is 11.9 Å². The molecule has 5 nitrogen and oxygen atoms in total. The fourth-order valence-corrected chi connectivity index (χ4v) is 5.87. The summed E-state index contributed by atoms with van der Waals surface area (Å²) < 4.78 is 0. The van der Waals surface area contributed by atoms with Gasteiger partial charge in [0.15, 0.2) is 5.96 Å². The van der Waals surface area contributed by atoms with Gasteiger partial charge >= 0.3 is 0 Å². The van der Waals surface area contributed by atoms with Gasteiger partial charge < -0.3 is 11.1 Å². The number of nitrogens with one attached hydrogen (secondary N) is 1. The first-order valence-corrected chi connectivity index (χ1v) is 11.9. The summed E-state index contributed by atoms with van der Waals surface area (Å²) in [4.78, 5) is 19.6. The molecule has 1 heterocycles. The minimum Gasteiger partial charge on any atom is -0.369 e. The molecule has 5 heteroatoms. The van der Waals surface area contributed by atoms with Crippen molar-refractivity contribution in [3.63, 3.8) is 0 Å². The molecule has 3 aliphatic carbocycles. The number of carbonyl (C=O) groups excluding carboxylic acids is 1. The Hall–Kier alpha value is -1.10. The quantitative estimate of drug-likeness (QED) is 0.664. The molecule has 0 spiro atoms. The molecule has 0 bridgehead atoms. The number of hydrogen-bond donors (Lipinski definition) is 2. The number of nitrogens with two attached hydrogens (primary N) is 1. The van der Waals surface area contributed by atoms with E-state index in [1.165, 1.54) is 77.2 Å². The van der Waals surface area contributed by atoms with Gasteiger partial charge in [0.05, 0.1) is 0 Å². The first kappa shape index (κ1) is 20.2. The third kappa shape index (κ3) is 4.72. The maximum atomic E-state index is 13.2. The van der Waals surface area contributed by atoms with Gasteiger partial charge in [-0.1, -0.05) is 44.9 Å². The standard InChI is InChI=1S/C23H40N4O/c1-27-21(28)23(26-22(27)24,13-12-17-6-3-2-4-7-17)15-19-8-5-9-20(14-19)25-16-18-10-11-18/h17-20,25H,2-16H2,1H3,(H2,24,26)/t19-,20-,23+/m0/s1. The molecule has 1 amide bonds. The second-order valence-electron chi connectivity index (χ2n) is 10.2. The van der Waals surface area contributed by atoms with E-state index in [0.29, 0.717) is 17.9 Å². The summed E-state index contributed by atoms with van der Waals surface area (Å²) in [5, 5.41) is 3.81. The van der Waals surface area contributed by atoms with E-state index in [9.17, 15) is 4.79 Å². The summed E-state index contributed by atoms with van der Waals surface area (Å²) in [6.45, 7) is 1.19. The van der Waals surface area contributed by atoms with E-state index < -0.39 is 5.54 Å². The fourth-order valence-electron chi connectivity index (χ4n) is 5.87. The average Bonchev–Trinajstić information content (AvgIpc) is 3.52. The molecule has 158 valence electrons. The molecule has 0 aromatic heterocycles. The zero-order chi connectivity index (χ0) is 19.6. The molecule has 4 rings (SSSR count). The molecular formula is C23H40N4O. The number of rotatable bonds is 8. The van der Waals surface area contributed by atoms with Crippen molar-refractivity contribution >= 4 is 11.9 Å². The molecule has 3 saturated carbocycles. The van der Waals surface area contributed by atoms with Crippen LogP contribution in [0.25, 0.3) is 0 Å². The van der Waals surface area contributed by atoms with E-state index >= 15 is 0 Å². The molecule has 0 aromatic carbocycles. The molecule has 0 radical (unpaired) electrons. The number of guanidine groups is 1. The van der Waals surface area contributed by atoms with Crippen molar-refractivity contribution in [2.24, 2.45) is 28.5 Å². The van der Waals surface area contributed by atoms with Gasteiger partial charge in [-0.25, -0.2) is 4.99 Å². The van der Waals surface area contributed by atoms with Crippen LogP contribution in [0, 0.1) is 17.8 Å². The second-order valence-corrected chi connectivity index (χ2v) is 10.2. The molecule has 0 aromatic rings. The van der Waals surface area contributed by atoms with Gasteiger partial charge in [0.1, 0.15) is 5.54 Å². The topological polar surface area (TPSA) is 70.7 Å². The SMILES string of the molecule is CN1C(=O)[C@@](CCC2CCCCC2)(C[C@H]2CCC[C@H](NCC3CC3)C2)N=C1N. The van der Waals surface area contributed by atoms with Gasteiger partial charge in [0, 0.05) is 13.1 Å². The molecule has 1 aliphatic heterocycles. The minimum absolute atomic E-state index is 0.147. The van der Waals surface area contributed by atoms with Crippen LogP contribution in [0.4, 0.5) is 0 Å². The number of hydrogen-bond acceptors (Lipinski definition) is 4. The van der Waals surface area contributed by atoms with Gasteiger partial charge in [-0.05, 0) is 69.2 Å². The molecular weight excluding hydrogens is 348 g/mol. The highest BCUT2D eigenvalue weighted by molar-refractivity contribution is 6.06. The molecule has 0 unspecified atom stereocenters. The van der Waals surface area contributed by atoms with Crippen LogP contribution in [-0.2, 0) is 4.79 Å². The van der Waals surface area contributed by atoms with Gasteiger partial charge in [-0.2, -0.15) is 0 Å². The lowest BCUT2D eigenvalue weighted by molar-refractivity contribution is -0.131. The Labute approximate surface area is 170 Å². The van der Waals surface area contributed by atoms with Crippen molar-refractivity contribution < 1.29 is 4.79 Å². The highest BCUT2D eigenvalue weighted by Crippen LogP contribution is 2.40. The molecule has 3 fully saturated rings. The largest absolute Gasteiger partial charge is 0.369 e. The van der Waals surface area contributed by atoms with Crippen LogP contribution in [0.3, 0.4) is 0 Å². The predicted molar refractivity (Wildman–Crippen MR) is 114 cm³/mol. The van der Waals surface area contributed by atoms with Crippen molar-refractivity contribution in [1.29, 1.82) is 0 Å². The average molecular weight is 389 g/mol. The predicted octanol–water partition coefficient (Wildman–Crippen LogP) is 3.82. The first-order chi connectivity index (χ1) is 13.6. The summed E-state index contributed by atoms with van der Waals surface area (Å²) in [7, 11) is 1.80. The van der Waals surface area contributed by atoms with Crippen LogP contribution in [0.5, 0.6) is 0 Å². The monoisotopic (exact) mass is 388 g/mol. The Morgan fingerprint density at radius 2 is 1.79 bits per heavy atom. The molecule has 0 saturated heterocycles. The van der Waals surface area contributed by atoms with Gasteiger partial charge in [0.25, 0.3) is 5.91 Å². The Kier molecular flexibility index (Phi) is 6.29. The van der Waals surface area contributed by atoms with Gasteiger partial charge in [0.2, 0.25) is 0 Å². The highest BCUT2D eigenvalue weighted by Gasteiger charge is 2.48. The lowest BCUT2D eigenvalue weighted by Crippen LogP contribution is -2.45. The molecule has 4 aliphatic rings. The molecule has 28 heavy (non-hydrogen) atoms. The van der Waals surface area contributed by atoms with E-state index in [0.717, 1.165) is 31.1 Å². The summed E-state index contributed by atoms with van der Waals surface area (Å²) in [5.41, 5.74) is 5.53. The Morgan fingerprint density at radius 3 is 2.46 bits per heavy atom. The Balaban J connectivity index is 1.39. The summed E-state index contributed by atoms with van der Waals surface area (Å²) >= 11 is 0. The number of aliphatic imine (C=N–C) groups is 1. The highest BCUT2D eigenvalue weighted by atomic mass is 16.2. The zero-order valence-electron chi connectivity index (χ0n) is 17.8. The maximum absolute atomic E-state index is 13.2. The van der Waals surface area contributed by atoms with Crippen LogP contribution >= 0.6 is 0 Å². The smallest absolute Gasteiger partial charge is 0.257 e. The molecule has 3 N–H and O–H groups in total. The van der Waals surface area contributed by atoms with Crippen LogP contribution in [-0.4, -0.2) is 41.9 Å². The summed E-state index contributed by atoms with van der Waals surface area (Å²) in [5.74, 6) is 2.86. The maximum Gasteiger partial charge on any atom is 0.257 e. The third-order valence-corrected chi connectivity index (χ3v) is 7.87. The number of likely N-dealkylation sites (N-methyl/N-ethyl adjacent to an activating group) is 1. The van der Waals surface area contributed by atoms with Gasteiger partial charge in [-0.3, -0.25) is 9.69 Å². The normalized spacial score (nSPS) is 34.7.